The van der Waals surface area contributed by atoms with Crippen molar-refractivity contribution >= 4 is 11.9 Å². The van der Waals surface area contributed by atoms with E-state index in [1.807, 2.05) is 7.05 Å². The molecule has 0 bridgehead atoms. The molecular formula is C18H30N2O6. The number of ether oxygens (including phenoxy) is 1. The molecule has 1 aliphatic rings. The van der Waals surface area contributed by atoms with Crippen molar-refractivity contribution in [2.24, 2.45) is 0 Å². The van der Waals surface area contributed by atoms with Crippen LogP contribution in [-0.4, -0.2) is 71.9 Å². The Hall–Kier alpha value is -2.16. The van der Waals surface area contributed by atoms with Gasteiger partial charge in [-0.05, 0) is 64.0 Å². The van der Waals surface area contributed by atoms with Crippen molar-refractivity contribution in [1.29, 1.82) is 0 Å². The fourth-order valence-corrected chi connectivity index (χ4v) is 2.48. The SMILES string of the molecule is CNC(C)Cc1ccc(OCCN2CCCC2)cc1.O.O=C(O)C(=O)O. The highest BCUT2D eigenvalue weighted by molar-refractivity contribution is 6.27. The van der Waals surface area contributed by atoms with E-state index in [9.17, 15) is 0 Å². The summed E-state index contributed by atoms with van der Waals surface area (Å²) in [6, 6.07) is 9.02. The van der Waals surface area contributed by atoms with Crippen molar-refractivity contribution in [2.75, 3.05) is 33.3 Å². The van der Waals surface area contributed by atoms with Crippen LogP contribution >= 0.6 is 0 Å². The lowest BCUT2D eigenvalue weighted by Gasteiger charge is -2.15. The Morgan fingerprint density at radius 1 is 1.15 bits per heavy atom. The average Bonchev–Trinajstić information content (AvgIpc) is 3.10. The minimum Gasteiger partial charge on any atom is -0.492 e. The summed E-state index contributed by atoms with van der Waals surface area (Å²) in [6.45, 7) is 6.53. The fourth-order valence-electron chi connectivity index (χ4n) is 2.48. The monoisotopic (exact) mass is 370 g/mol. The second kappa shape index (κ2) is 13.1. The van der Waals surface area contributed by atoms with E-state index in [-0.39, 0.29) is 5.48 Å². The molecule has 1 aromatic carbocycles. The van der Waals surface area contributed by atoms with Gasteiger partial charge in [0.15, 0.2) is 0 Å². The molecule has 1 heterocycles. The number of carboxylic acid groups (broad SMARTS) is 2. The summed E-state index contributed by atoms with van der Waals surface area (Å²) in [5, 5.41) is 18.0. The van der Waals surface area contributed by atoms with Crippen LogP contribution in [0.25, 0.3) is 0 Å². The first-order valence-corrected chi connectivity index (χ1v) is 8.50. The number of rotatable bonds is 7. The number of benzene rings is 1. The summed E-state index contributed by atoms with van der Waals surface area (Å²) >= 11 is 0. The molecule has 0 spiro atoms. The summed E-state index contributed by atoms with van der Waals surface area (Å²) in [4.78, 5) is 20.7. The third kappa shape index (κ3) is 9.97. The maximum absolute atomic E-state index is 9.10. The number of likely N-dealkylation sites (N-methyl/N-ethyl adjacent to an activating group) is 1. The molecule has 0 aliphatic carbocycles. The van der Waals surface area contributed by atoms with Gasteiger partial charge in [-0.1, -0.05) is 12.1 Å². The number of likely N-dealkylation sites (tertiary alicyclic amines) is 1. The highest BCUT2D eigenvalue weighted by Gasteiger charge is 2.10. The van der Waals surface area contributed by atoms with Gasteiger partial charge in [-0.25, -0.2) is 9.59 Å². The Morgan fingerprint density at radius 3 is 2.15 bits per heavy atom. The number of nitrogens with zero attached hydrogens (tertiary/aromatic N) is 1. The molecule has 2 rings (SSSR count). The van der Waals surface area contributed by atoms with Crippen molar-refractivity contribution in [1.82, 2.24) is 10.2 Å². The van der Waals surface area contributed by atoms with Crippen LogP contribution in [0.5, 0.6) is 5.75 Å². The molecule has 1 saturated heterocycles. The number of hydrogen-bond donors (Lipinski definition) is 3. The van der Waals surface area contributed by atoms with Crippen molar-refractivity contribution < 1.29 is 30.0 Å². The molecular weight excluding hydrogens is 340 g/mol. The largest absolute Gasteiger partial charge is 0.492 e. The molecule has 148 valence electrons. The molecule has 0 radical (unpaired) electrons. The van der Waals surface area contributed by atoms with E-state index in [4.69, 9.17) is 24.5 Å². The van der Waals surface area contributed by atoms with Crippen molar-refractivity contribution in [3.8, 4) is 5.75 Å². The zero-order valence-corrected chi connectivity index (χ0v) is 15.4. The standard InChI is InChI=1S/C16H26N2O.C2H2O4.H2O/c1-14(17-2)13-15-5-7-16(8-6-15)19-12-11-18-9-3-4-10-18;3-1(4)2(5)6;/h5-8,14,17H,3-4,9-13H2,1-2H3;(H,3,4)(H,5,6);1H2. The van der Waals surface area contributed by atoms with E-state index in [1.54, 1.807) is 0 Å². The van der Waals surface area contributed by atoms with Crippen molar-refractivity contribution in [2.45, 2.75) is 32.2 Å². The lowest BCUT2D eigenvalue weighted by molar-refractivity contribution is -0.159. The van der Waals surface area contributed by atoms with Crippen LogP contribution < -0.4 is 10.1 Å². The van der Waals surface area contributed by atoms with Crippen molar-refractivity contribution in [3.05, 3.63) is 29.8 Å². The van der Waals surface area contributed by atoms with Crippen LogP contribution in [0.2, 0.25) is 0 Å². The van der Waals surface area contributed by atoms with Gasteiger partial charge in [-0.2, -0.15) is 0 Å². The third-order valence-corrected chi connectivity index (χ3v) is 4.02. The fraction of sp³-hybridized carbons (Fsp3) is 0.556. The zero-order valence-electron chi connectivity index (χ0n) is 15.4. The third-order valence-electron chi connectivity index (χ3n) is 4.02. The van der Waals surface area contributed by atoms with E-state index in [1.165, 1.54) is 31.5 Å². The van der Waals surface area contributed by atoms with Crippen LogP contribution in [0.3, 0.4) is 0 Å². The van der Waals surface area contributed by atoms with Gasteiger partial charge in [-0.15, -0.1) is 0 Å². The number of aliphatic carboxylic acids is 2. The first-order chi connectivity index (χ1) is 11.9. The zero-order chi connectivity index (χ0) is 18.7. The highest BCUT2D eigenvalue weighted by Crippen LogP contribution is 2.14. The second-order valence-electron chi connectivity index (χ2n) is 6.05. The molecule has 0 saturated carbocycles. The van der Waals surface area contributed by atoms with Crippen LogP contribution in [0, 0.1) is 0 Å². The average molecular weight is 370 g/mol. The minimum absolute atomic E-state index is 0. The van der Waals surface area contributed by atoms with Crippen LogP contribution in [0.4, 0.5) is 0 Å². The predicted molar refractivity (Wildman–Crippen MR) is 98.7 cm³/mol. The van der Waals surface area contributed by atoms with Crippen LogP contribution in [0.15, 0.2) is 24.3 Å². The van der Waals surface area contributed by atoms with E-state index < -0.39 is 11.9 Å². The van der Waals surface area contributed by atoms with E-state index in [0.29, 0.717) is 6.04 Å². The highest BCUT2D eigenvalue weighted by atomic mass is 16.5. The Labute approximate surface area is 154 Å². The molecule has 0 amide bonds. The second-order valence-corrected chi connectivity index (χ2v) is 6.05. The topological polar surface area (TPSA) is 131 Å². The lowest BCUT2D eigenvalue weighted by Crippen LogP contribution is -2.25. The first-order valence-electron chi connectivity index (χ1n) is 8.50. The first kappa shape index (κ1) is 23.8. The van der Waals surface area contributed by atoms with Crippen LogP contribution in [-0.2, 0) is 16.0 Å². The van der Waals surface area contributed by atoms with Crippen LogP contribution in [0.1, 0.15) is 25.3 Å². The summed E-state index contributed by atoms with van der Waals surface area (Å²) in [5.74, 6) is -2.66. The molecule has 26 heavy (non-hydrogen) atoms. The molecule has 1 unspecified atom stereocenters. The van der Waals surface area contributed by atoms with E-state index in [0.717, 1.165) is 25.3 Å². The number of nitrogens with one attached hydrogen (secondary N) is 1. The molecule has 5 N–H and O–H groups in total. The Kier molecular flexibility index (Phi) is 12.0. The number of hydrogen-bond acceptors (Lipinski definition) is 5. The molecule has 1 fully saturated rings. The summed E-state index contributed by atoms with van der Waals surface area (Å²) in [5.41, 5.74) is 1.36. The van der Waals surface area contributed by atoms with E-state index >= 15 is 0 Å². The maximum atomic E-state index is 9.10. The van der Waals surface area contributed by atoms with Gasteiger partial charge in [-0.3, -0.25) is 4.90 Å². The number of carbonyl (C=O) groups is 2. The lowest BCUT2D eigenvalue weighted by atomic mass is 10.1. The molecule has 8 nitrogen and oxygen atoms in total. The summed E-state index contributed by atoms with van der Waals surface area (Å²) < 4.78 is 5.80. The molecule has 1 atom stereocenters. The van der Waals surface area contributed by atoms with Gasteiger partial charge in [0.05, 0.1) is 0 Å². The van der Waals surface area contributed by atoms with E-state index in [2.05, 4.69) is 41.4 Å². The normalized spacial score (nSPS) is 14.5. The van der Waals surface area contributed by atoms with Gasteiger partial charge < -0.3 is 25.7 Å². The Balaban J connectivity index is 0.000000777. The molecule has 1 aliphatic heterocycles. The smallest absolute Gasteiger partial charge is 0.414 e. The predicted octanol–water partition coefficient (Wildman–Crippen LogP) is 0.642. The van der Waals surface area contributed by atoms with Gasteiger partial charge >= 0.3 is 11.9 Å². The number of carboxylic acids is 2. The quantitative estimate of drug-likeness (QED) is 0.600. The Morgan fingerprint density at radius 2 is 1.69 bits per heavy atom. The van der Waals surface area contributed by atoms with Crippen molar-refractivity contribution in [3.63, 3.8) is 0 Å². The van der Waals surface area contributed by atoms with Gasteiger partial charge in [0.1, 0.15) is 12.4 Å². The molecule has 0 aromatic heterocycles. The summed E-state index contributed by atoms with van der Waals surface area (Å²) in [6.07, 6.45) is 3.75. The molecule has 8 heteroatoms. The van der Waals surface area contributed by atoms with Gasteiger partial charge in [0.2, 0.25) is 0 Å². The molecule has 1 aromatic rings. The van der Waals surface area contributed by atoms with Gasteiger partial charge in [0, 0.05) is 12.6 Å². The Bertz CT molecular complexity index is 517. The minimum atomic E-state index is -1.82. The van der Waals surface area contributed by atoms with Gasteiger partial charge in [0.25, 0.3) is 0 Å². The maximum Gasteiger partial charge on any atom is 0.414 e. The summed E-state index contributed by atoms with van der Waals surface area (Å²) in [7, 11) is 2.00.